The summed E-state index contributed by atoms with van der Waals surface area (Å²) in [6.07, 6.45) is 6.49. The zero-order chi connectivity index (χ0) is 19.1. The third-order valence-electron chi connectivity index (χ3n) is 6.05. The van der Waals surface area contributed by atoms with Crippen LogP contribution in [0.3, 0.4) is 0 Å². The summed E-state index contributed by atoms with van der Waals surface area (Å²) in [6, 6.07) is 10.2. The molecule has 0 aromatic carbocycles. The van der Waals surface area contributed by atoms with Crippen molar-refractivity contribution in [3.05, 3.63) is 59.7 Å². The monoisotopic (exact) mass is 375 g/mol. The Kier molecular flexibility index (Phi) is 4.26. The third kappa shape index (κ3) is 3.03. The fourth-order valence-corrected chi connectivity index (χ4v) is 4.47. The Morgan fingerprint density at radius 2 is 2.00 bits per heavy atom. The van der Waals surface area contributed by atoms with Gasteiger partial charge in [-0.25, -0.2) is 9.97 Å². The van der Waals surface area contributed by atoms with Crippen molar-refractivity contribution in [2.24, 2.45) is 5.92 Å². The van der Waals surface area contributed by atoms with Gasteiger partial charge in [0.2, 0.25) is 5.91 Å². The Bertz CT molecular complexity index is 1000. The number of hydrogen-bond donors (Lipinski definition) is 0. The van der Waals surface area contributed by atoms with Crippen molar-refractivity contribution in [2.45, 2.75) is 26.2 Å². The van der Waals surface area contributed by atoms with Crippen LogP contribution in [0.4, 0.5) is 5.82 Å². The van der Waals surface area contributed by atoms with Crippen LogP contribution >= 0.6 is 0 Å². The maximum atomic E-state index is 13.2. The quantitative estimate of drug-likeness (QED) is 0.691. The number of piperazine rings is 1. The van der Waals surface area contributed by atoms with Gasteiger partial charge in [-0.1, -0.05) is 6.07 Å². The molecule has 144 valence electrons. The largest absolute Gasteiger partial charge is 0.353 e. The minimum Gasteiger partial charge on any atom is -0.353 e. The molecule has 6 heteroatoms. The van der Waals surface area contributed by atoms with E-state index in [1.807, 2.05) is 29.3 Å². The SMILES string of the molecule is Cc1ccn2c3c(nc2c1)CCC(C(=O)N1CCN(c2ccccn2)CC1)C3. The van der Waals surface area contributed by atoms with Crippen molar-refractivity contribution >= 4 is 17.4 Å². The number of imidazole rings is 1. The number of pyridine rings is 2. The Hall–Kier alpha value is -2.89. The molecular weight excluding hydrogens is 350 g/mol. The highest BCUT2D eigenvalue weighted by Gasteiger charge is 2.32. The molecule has 5 rings (SSSR count). The van der Waals surface area contributed by atoms with E-state index in [4.69, 9.17) is 4.98 Å². The van der Waals surface area contributed by atoms with Gasteiger partial charge in [0.15, 0.2) is 0 Å². The van der Waals surface area contributed by atoms with E-state index in [2.05, 4.69) is 39.5 Å². The maximum absolute atomic E-state index is 13.2. The van der Waals surface area contributed by atoms with Crippen molar-refractivity contribution < 1.29 is 4.79 Å². The average molecular weight is 375 g/mol. The normalized spacial score (nSPS) is 19.7. The molecule has 1 unspecified atom stereocenters. The highest BCUT2D eigenvalue weighted by atomic mass is 16.2. The van der Waals surface area contributed by atoms with Crippen LogP contribution in [0.2, 0.25) is 0 Å². The molecule has 0 saturated carbocycles. The van der Waals surface area contributed by atoms with Crippen molar-refractivity contribution in [3.8, 4) is 0 Å². The van der Waals surface area contributed by atoms with Crippen LogP contribution in [-0.2, 0) is 17.6 Å². The van der Waals surface area contributed by atoms with Gasteiger partial charge in [0.25, 0.3) is 0 Å². The van der Waals surface area contributed by atoms with Gasteiger partial charge in [0.1, 0.15) is 11.5 Å². The number of rotatable bonds is 2. The van der Waals surface area contributed by atoms with Gasteiger partial charge in [-0.3, -0.25) is 4.79 Å². The smallest absolute Gasteiger partial charge is 0.226 e. The molecule has 4 heterocycles. The number of nitrogens with zero attached hydrogens (tertiary/aromatic N) is 5. The molecule has 1 atom stereocenters. The average Bonchev–Trinajstić information content (AvgIpc) is 3.10. The molecule has 0 N–H and O–H groups in total. The fraction of sp³-hybridized carbons (Fsp3) is 0.409. The molecule has 1 fully saturated rings. The molecule has 3 aromatic rings. The molecule has 3 aromatic heterocycles. The Morgan fingerprint density at radius 1 is 1.14 bits per heavy atom. The number of hydrogen-bond acceptors (Lipinski definition) is 4. The van der Waals surface area contributed by atoms with E-state index in [1.165, 1.54) is 11.3 Å². The lowest BCUT2D eigenvalue weighted by atomic mass is 9.88. The highest BCUT2D eigenvalue weighted by Crippen LogP contribution is 2.28. The summed E-state index contributed by atoms with van der Waals surface area (Å²) in [5.74, 6) is 1.36. The lowest BCUT2D eigenvalue weighted by molar-refractivity contribution is -0.136. The summed E-state index contributed by atoms with van der Waals surface area (Å²) in [7, 11) is 0. The maximum Gasteiger partial charge on any atom is 0.226 e. The minimum absolute atomic E-state index is 0.0649. The van der Waals surface area contributed by atoms with Gasteiger partial charge in [-0.05, 0) is 49.6 Å². The minimum atomic E-state index is 0.0649. The van der Waals surface area contributed by atoms with Crippen molar-refractivity contribution in [3.63, 3.8) is 0 Å². The molecule has 6 nitrogen and oxygen atoms in total. The molecule has 1 amide bonds. The number of amides is 1. The predicted octanol–water partition coefficient (Wildman–Crippen LogP) is 2.49. The second kappa shape index (κ2) is 6.93. The second-order valence-corrected chi connectivity index (χ2v) is 7.88. The van der Waals surface area contributed by atoms with Gasteiger partial charge in [-0.15, -0.1) is 0 Å². The zero-order valence-corrected chi connectivity index (χ0v) is 16.2. The summed E-state index contributed by atoms with van der Waals surface area (Å²) in [6.45, 7) is 5.31. The van der Waals surface area contributed by atoms with E-state index in [0.717, 1.165) is 62.6 Å². The topological polar surface area (TPSA) is 53.7 Å². The first-order valence-corrected chi connectivity index (χ1v) is 10.1. The van der Waals surface area contributed by atoms with Crippen molar-refractivity contribution in [2.75, 3.05) is 31.1 Å². The highest BCUT2D eigenvalue weighted by molar-refractivity contribution is 5.80. The third-order valence-corrected chi connectivity index (χ3v) is 6.05. The lowest BCUT2D eigenvalue weighted by Gasteiger charge is -2.37. The first-order chi connectivity index (χ1) is 13.7. The van der Waals surface area contributed by atoms with Crippen LogP contribution in [-0.4, -0.2) is 51.4 Å². The second-order valence-electron chi connectivity index (χ2n) is 7.88. The van der Waals surface area contributed by atoms with E-state index >= 15 is 0 Å². The number of aryl methyl sites for hydroxylation is 2. The molecule has 0 radical (unpaired) electrons. The Labute approximate surface area is 164 Å². The van der Waals surface area contributed by atoms with E-state index in [9.17, 15) is 4.79 Å². The van der Waals surface area contributed by atoms with Crippen molar-refractivity contribution in [1.82, 2.24) is 19.3 Å². The molecule has 28 heavy (non-hydrogen) atoms. The van der Waals surface area contributed by atoms with Crippen molar-refractivity contribution in [1.29, 1.82) is 0 Å². The molecule has 1 saturated heterocycles. The lowest BCUT2D eigenvalue weighted by Crippen LogP contribution is -2.51. The van der Waals surface area contributed by atoms with Gasteiger partial charge in [0, 0.05) is 56.6 Å². The van der Waals surface area contributed by atoms with Crippen LogP contribution in [0.5, 0.6) is 0 Å². The summed E-state index contributed by atoms with van der Waals surface area (Å²) in [5.41, 5.74) is 4.59. The van der Waals surface area contributed by atoms with Crippen LogP contribution in [0.15, 0.2) is 42.7 Å². The van der Waals surface area contributed by atoms with Gasteiger partial charge in [-0.2, -0.15) is 0 Å². The number of carbonyl (C=O) groups is 1. The Balaban J connectivity index is 1.28. The molecule has 1 aliphatic carbocycles. The summed E-state index contributed by atoms with van der Waals surface area (Å²) in [5, 5.41) is 0. The van der Waals surface area contributed by atoms with Crippen LogP contribution < -0.4 is 4.90 Å². The standard InChI is InChI=1S/C22H25N5O/c1-16-7-9-27-19-15-17(5-6-18(19)24-21(27)14-16)22(28)26-12-10-25(11-13-26)20-4-2-3-8-23-20/h2-4,7-9,14,17H,5-6,10-13,15H2,1H3. The Morgan fingerprint density at radius 3 is 2.79 bits per heavy atom. The van der Waals surface area contributed by atoms with Crippen LogP contribution in [0.1, 0.15) is 23.4 Å². The first kappa shape index (κ1) is 17.2. The van der Waals surface area contributed by atoms with Gasteiger partial charge < -0.3 is 14.2 Å². The number of carbonyl (C=O) groups excluding carboxylic acids is 1. The predicted molar refractivity (Wildman–Crippen MR) is 108 cm³/mol. The first-order valence-electron chi connectivity index (χ1n) is 10.1. The van der Waals surface area contributed by atoms with E-state index in [1.54, 1.807) is 0 Å². The summed E-state index contributed by atoms with van der Waals surface area (Å²) >= 11 is 0. The molecule has 0 bridgehead atoms. The number of fused-ring (bicyclic) bond motifs is 3. The summed E-state index contributed by atoms with van der Waals surface area (Å²) in [4.78, 5) is 26.7. The van der Waals surface area contributed by atoms with E-state index < -0.39 is 0 Å². The van der Waals surface area contributed by atoms with E-state index in [-0.39, 0.29) is 5.92 Å². The van der Waals surface area contributed by atoms with Crippen LogP contribution in [0.25, 0.3) is 5.65 Å². The summed E-state index contributed by atoms with van der Waals surface area (Å²) < 4.78 is 2.17. The number of aromatic nitrogens is 3. The van der Waals surface area contributed by atoms with E-state index in [0.29, 0.717) is 5.91 Å². The number of anilines is 1. The van der Waals surface area contributed by atoms with Gasteiger partial charge >= 0.3 is 0 Å². The molecule has 0 spiro atoms. The molecule has 1 aliphatic heterocycles. The molecule has 2 aliphatic rings. The van der Waals surface area contributed by atoms with Gasteiger partial charge in [0.05, 0.1) is 5.69 Å². The van der Waals surface area contributed by atoms with Crippen LogP contribution in [0, 0.1) is 12.8 Å². The zero-order valence-electron chi connectivity index (χ0n) is 16.2. The molecular formula is C22H25N5O. The fourth-order valence-electron chi connectivity index (χ4n) is 4.47.